The van der Waals surface area contributed by atoms with Crippen molar-refractivity contribution in [3.8, 4) is 17.2 Å². The van der Waals surface area contributed by atoms with Crippen molar-refractivity contribution in [1.82, 2.24) is 4.31 Å². The van der Waals surface area contributed by atoms with Gasteiger partial charge < -0.3 is 19.3 Å². The van der Waals surface area contributed by atoms with Gasteiger partial charge in [-0.2, -0.15) is 4.31 Å². The van der Waals surface area contributed by atoms with Gasteiger partial charge in [0.1, 0.15) is 17.2 Å². The van der Waals surface area contributed by atoms with Gasteiger partial charge in [0.2, 0.25) is 10.0 Å². The van der Waals surface area contributed by atoms with Crippen LogP contribution in [-0.4, -0.2) is 51.8 Å². The minimum atomic E-state index is -3.92. The lowest BCUT2D eigenvalue weighted by Crippen LogP contribution is -2.36. The molecule has 2 aromatic rings. The lowest BCUT2D eigenvalue weighted by molar-refractivity contribution is 0.185. The quantitative estimate of drug-likeness (QED) is 0.520. The van der Waals surface area contributed by atoms with E-state index in [4.69, 9.17) is 14.2 Å². The molecule has 0 spiro atoms. The number of hydrogen-bond donors (Lipinski definition) is 1. The predicted octanol–water partition coefficient (Wildman–Crippen LogP) is 3.21. The first kappa shape index (κ1) is 23.2. The van der Waals surface area contributed by atoms with Crippen LogP contribution in [0.15, 0.2) is 58.4 Å². The van der Waals surface area contributed by atoms with E-state index in [1.807, 2.05) is 0 Å². The second kappa shape index (κ2) is 10.1. The molecule has 0 heterocycles. The molecule has 9 heteroatoms. The fourth-order valence-electron chi connectivity index (χ4n) is 2.70. The zero-order valence-electron chi connectivity index (χ0n) is 16.5. The summed E-state index contributed by atoms with van der Waals surface area (Å²) in [5.41, 5.74) is 0.507. The molecule has 2 rings (SSSR count). The maximum Gasteiger partial charge on any atom is 0.243 e. The van der Waals surface area contributed by atoms with Gasteiger partial charge in [-0.3, -0.25) is 0 Å². The van der Waals surface area contributed by atoms with Crippen LogP contribution in [-0.2, 0) is 16.6 Å². The van der Waals surface area contributed by atoms with Gasteiger partial charge in [-0.25, -0.2) is 8.42 Å². The van der Waals surface area contributed by atoms with E-state index in [-0.39, 0.29) is 18.0 Å². The van der Waals surface area contributed by atoms with Crippen molar-refractivity contribution in [2.24, 2.45) is 0 Å². The number of rotatable bonds is 10. The molecule has 0 amide bonds. The van der Waals surface area contributed by atoms with Gasteiger partial charge >= 0.3 is 0 Å². The van der Waals surface area contributed by atoms with Crippen molar-refractivity contribution in [2.45, 2.75) is 17.5 Å². The van der Waals surface area contributed by atoms with Crippen LogP contribution < -0.4 is 14.2 Å². The Morgan fingerprint density at radius 2 is 1.66 bits per heavy atom. The molecule has 0 aliphatic carbocycles. The Kier molecular flexibility index (Phi) is 8.09. The van der Waals surface area contributed by atoms with E-state index in [1.165, 1.54) is 39.5 Å². The lowest BCUT2D eigenvalue weighted by Gasteiger charge is -2.26. The number of aliphatic hydroxyl groups excluding tert-OH is 1. The molecule has 1 N–H and O–H groups in total. The average Bonchev–Trinajstić information content (AvgIpc) is 2.73. The topological polar surface area (TPSA) is 85.3 Å². The third kappa shape index (κ3) is 5.51. The van der Waals surface area contributed by atoms with Crippen molar-refractivity contribution < 1.29 is 27.7 Å². The molecule has 0 aromatic heterocycles. The van der Waals surface area contributed by atoms with Gasteiger partial charge in [0, 0.05) is 29.7 Å². The van der Waals surface area contributed by atoms with Crippen LogP contribution in [0.5, 0.6) is 17.2 Å². The van der Waals surface area contributed by atoms with E-state index in [0.29, 0.717) is 22.8 Å². The summed E-state index contributed by atoms with van der Waals surface area (Å²) in [6, 6.07) is 9.57. The van der Waals surface area contributed by atoms with Crippen LogP contribution in [0.1, 0.15) is 5.56 Å². The second-order valence-electron chi connectivity index (χ2n) is 6.07. The lowest BCUT2D eigenvalue weighted by atomic mass is 10.1. The fourth-order valence-corrected chi connectivity index (χ4v) is 4.39. The van der Waals surface area contributed by atoms with Crippen LogP contribution in [0, 0.1) is 0 Å². The van der Waals surface area contributed by atoms with Crippen molar-refractivity contribution in [2.75, 3.05) is 27.9 Å². The zero-order valence-corrected chi connectivity index (χ0v) is 18.9. The molecular formula is C20H24BrNO6S. The molecule has 0 radical (unpaired) electrons. The highest BCUT2D eigenvalue weighted by atomic mass is 79.9. The molecule has 29 heavy (non-hydrogen) atoms. The number of benzene rings is 2. The smallest absolute Gasteiger partial charge is 0.243 e. The molecule has 0 aliphatic rings. The summed E-state index contributed by atoms with van der Waals surface area (Å²) >= 11 is 3.30. The van der Waals surface area contributed by atoms with Crippen molar-refractivity contribution in [1.29, 1.82) is 0 Å². The van der Waals surface area contributed by atoms with E-state index in [0.717, 1.165) is 8.78 Å². The molecule has 2 aromatic carbocycles. The number of aliphatic hydroxyl groups is 1. The van der Waals surface area contributed by atoms with E-state index in [2.05, 4.69) is 22.5 Å². The molecule has 0 saturated carbocycles. The number of sulfonamides is 1. The predicted molar refractivity (Wildman–Crippen MR) is 114 cm³/mol. The molecule has 0 bridgehead atoms. The Hall–Kier alpha value is -2.07. The van der Waals surface area contributed by atoms with Gasteiger partial charge in [0.05, 0.1) is 37.9 Å². The summed E-state index contributed by atoms with van der Waals surface area (Å²) in [5.74, 6) is 1.33. The van der Waals surface area contributed by atoms with Crippen LogP contribution in [0.4, 0.5) is 0 Å². The normalized spacial score (nSPS) is 12.5. The van der Waals surface area contributed by atoms with Gasteiger partial charge in [-0.15, -0.1) is 6.58 Å². The van der Waals surface area contributed by atoms with Crippen LogP contribution in [0.2, 0.25) is 0 Å². The molecule has 0 aliphatic heterocycles. The van der Waals surface area contributed by atoms with Gasteiger partial charge in [0.15, 0.2) is 0 Å². The molecular weight excluding hydrogens is 462 g/mol. The maximum absolute atomic E-state index is 13.3. The van der Waals surface area contributed by atoms with E-state index in [9.17, 15) is 13.5 Å². The highest BCUT2D eigenvalue weighted by Gasteiger charge is 2.29. The molecule has 1 atom stereocenters. The van der Waals surface area contributed by atoms with E-state index < -0.39 is 16.1 Å². The van der Waals surface area contributed by atoms with Crippen molar-refractivity contribution in [3.05, 3.63) is 59.1 Å². The summed E-state index contributed by atoms with van der Waals surface area (Å²) < 4.78 is 44.6. The number of nitrogens with zero attached hydrogens (tertiary/aromatic N) is 1. The highest BCUT2D eigenvalue weighted by Crippen LogP contribution is 2.36. The summed E-state index contributed by atoms with van der Waals surface area (Å²) in [6.07, 6.45) is 0.238. The second-order valence-corrected chi connectivity index (χ2v) is 8.92. The molecule has 0 fully saturated rings. The van der Waals surface area contributed by atoms with Crippen molar-refractivity contribution >= 4 is 26.0 Å². The van der Waals surface area contributed by atoms with Crippen LogP contribution in [0.3, 0.4) is 0 Å². The Morgan fingerprint density at radius 1 is 1.10 bits per heavy atom. The standard InChI is InChI=1S/C20H24BrNO6S/c1-5-15(23)12-22(29(24,25)17-8-6-14(21)7-9-17)13-18-19(27-3)10-16(26-2)11-20(18)28-4/h5-11,15,23H,1,12-13H2,2-4H3. The summed E-state index contributed by atoms with van der Waals surface area (Å²) in [4.78, 5) is 0.100. The van der Waals surface area contributed by atoms with E-state index in [1.54, 1.807) is 24.3 Å². The number of halogens is 1. The van der Waals surface area contributed by atoms with Crippen LogP contribution >= 0.6 is 15.9 Å². The third-order valence-corrected chi connectivity index (χ3v) is 6.62. The average molecular weight is 486 g/mol. The Bertz CT molecular complexity index is 921. The van der Waals surface area contributed by atoms with Crippen molar-refractivity contribution in [3.63, 3.8) is 0 Å². The first-order valence-electron chi connectivity index (χ1n) is 8.62. The largest absolute Gasteiger partial charge is 0.496 e. The first-order valence-corrected chi connectivity index (χ1v) is 10.8. The molecule has 1 unspecified atom stereocenters. The zero-order chi connectivity index (χ0) is 21.6. The number of ether oxygens (including phenoxy) is 3. The van der Waals surface area contributed by atoms with Gasteiger partial charge in [-0.1, -0.05) is 22.0 Å². The Balaban J connectivity index is 2.54. The first-order chi connectivity index (χ1) is 13.8. The van der Waals surface area contributed by atoms with Crippen LogP contribution in [0.25, 0.3) is 0 Å². The number of methoxy groups -OCH3 is 3. The van der Waals surface area contributed by atoms with Gasteiger partial charge in [-0.05, 0) is 24.3 Å². The minimum absolute atomic E-state index is 0.0837. The highest BCUT2D eigenvalue weighted by molar-refractivity contribution is 9.10. The third-order valence-electron chi connectivity index (χ3n) is 4.27. The molecule has 0 saturated heterocycles. The summed E-state index contributed by atoms with van der Waals surface area (Å²) in [7, 11) is 0.540. The molecule has 7 nitrogen and oxygen atoms in total. The Morgan fingerprint density at radius 3 is 2.10 bits per heavy atom. The fraction of sp³-hybridized carbons (Fsp3) is 0.300. The minimum Gasteiger partial charge on any atom is -0.496 e. The maximum atomic E-state index is 13.3. The summed E-state index contributed by atoms with van der Waals surface area (Å²) in [5, 5.41) is 10.1. The monoisotopic (exact) mass is 485 g/mol. The summed E-state index contributed by atoms with van der Waals surface area (Å²) in [6.45, 7) is 3.27. The SMILES string of the molecule is C=CC(O)CN(Cc1c(OC)cc(OC)cc1OC)S(=O)(=O)c1ccc(Br)cc1. The van der Waals surface area contributed by atoms with Gasteiger partial charge in [0.25, 0.3) is 0 Å². The Labute approximate surface area is 179 Å². The molecule has 158 valence electrons. The van der Waals surface area contributed by atoms with E-state index >= 15 is 0 Å². The number of hydrogen-bond acceptors (Lipinski definition) is 6.